The normalized spacial score (nSPS) is 16.8. The number of nitrogens with zero attached hydrogens (tertiary/aromatic N) is 5. The number of nitrogens with one attached hydrogen (secondary N) is 2. The fourth-order valence-electron chi connectivity index (χ4n) is 3.51. The van der Waals surface area contributed by atoms with Crippen molar-refractivity contribution in [2.24, 2.45) is 0 Å². The maximum absolute atomic E-state index is 12.1. The highest BCUT2D eigenvalue weighted by Gasteiger charge is 2.23. The van der Waals surface area contributed by atoms with Gasteiger partial charge in [-0.3, -0.25) is 0 Å². The number of anilines is 1. The maximum Gasteiger partial charge on any atom is 0.319 e. The summed E-state index contributed by atoms with van der Waals surface area (Å²) < 4.78 is 1.56. The predicted molar refractivity (Wildman–Crippen MR) is 106 cm³/mol. The van der Waals surface area contributed by atoms with Gasteiger partial charge in [-0.2, -0.15) is 0 Å². The summed E-state index contributed by atoms with van der Waals surface area (Å²) in [7, 11) is 0. The lowest BCUT2D eigenvalue weighted by Crippen LogP contribution is -2.36. The highest BCUT2D eigenvalue weighted by atomic mass is 16.2. The van der Waals surface area contributed by atoms with E-state index in [4.69, 9.17) is 0 Å². The summed E-state index contributed by atoms with van der Waals surface area (Å²) in [5.74, 6) is 0.591. The van der Waals surface area contributed by atoms with Gasteiger partial charge >= 0.3 is 6.03 Å². The molecular formula is C20H23N7O. The average Bonchev–Trinajstić information content (AvgIpc) is 3.42. The van der Waals surface area contributed by atoms with Crippen molar-refractivity contribution in [3.8, 4) is 5.69 Å². The predicted octanol–water partition coefficient (Wildman–Crippen LogP) is 2.27. The Morgan fingerprint density at radius 3 is 2.68 bits per heavy atom. The number of benzene rings is 2. The van der Waals surface area contributed by atoms with Crippen LogP contribution in [0.1, 0.15) is 17.9 Å². The fraction of sp³-hybridized carbons (Fsp3) is 0.300. The van der Waals surface area contributed by atoms with E-state index in [2.05, 4.69) is 61.4 Å². The summed E-state index contributed by atoms with van der Waals surface area (Å²) >= 11 is 0. The van der Waals surface area contributed by atoms with Gasteiger partial charge in [-0.05, 0) is 59.1 Å². The van der Waals surface area contributed by atoms with Gasteiger partial charge in [0.1, 0.15) is 6.33 Å². The minimum absolute atomic E-state index is 0.200. The summed E-state index contributed by atoms with van der Waals surface area (Å²) in [5.41, 5.74) is 2.96. The van der Waals surface area contributed by atoms with Crippen LogP contribution < -0.4 is 10.6 Å². The number of urea groups is 1. The zero-order valence-corrected chi connectivity index (χ0v) is 15.5. The molecule has 3 aromatic rings. The van der Waals surface area contributed by atoms with E-state index < -0.39 is 0 Å². The number of rotatable bonds is 6. The summed E-state index contributed by atoms with van der Waals surface area (Å²) in [4.78, 5) is 14.5. The summed E-state index contributed by atoms with van der Waals surface area (Å²) in [6.07, 6.45) is 2.69. The Morgan fingerprint density at radius 1 is 1.11 bits per heavy atom. The van der Waals surface area contributed by atoms with E-state index in [0.717, 1.165) is 31.0 Å². The first-order chi connectivity index (χ1) is 13.8. The molecule has 2 N–H and O–H groups in total. The smallest absolute Gasteiger partial charge is 0.319 e. The van der Waals surface area contributed by atoms with E-state index in [1.165, 1.54) is 18.3 Å². The van der Waals surface area contributed by atoms with Crippen LogP contribution in [0.5, 0.6) is 0 Å². The van der Waals surface area contributed by atoms with Crippen LogP contribution in [0.3, 0.4) is 0 Å². The average molecular weight is 377 g/mol. The number of carbonyl (C=O) groups excluding carboxylic acids is 1. The second-order valence-corrected chi connectivity index (χ2v) is 6.88. The quantitative estimate of drug-likeness (QED) is 0.688. The van der Waals surface area contributed by atoms with E-state index in [1.54, 1.807) is 4.68 Å². The van der Waals surface area contributed by atoms with Gasteiger partial charge in [-0.15, -0.1) is 5.10 Å². The molecule has 1 fully saturated rings. The van der Waals surface area contributed by atoms with Crippen molar-refractivity contribution in [1.29, 1.82) is 0 Å². The third-order valence-corrected chi connectivity index (χ3v) is 5.00. The Hall–Kier alpha value is -3.26. The van der Waals surface area contributed by atoms with Gasteiger partial charge in [0.05, 0.1) is 5.69 Å². The van der Waals surface area contributed by atoms with Crippen molar-refractivity contribution in [2.45, 2.75) is 12.3 Å². The number of likely N-dealkylation sites (tertiary alicyclic amines) is 1. The van der Waals surface area contributed by atoms with Crippen molar-refractivity contribution in [1.82, 2.24) is 30.4 Å². The zero-order chi connectivity index (χ0) is 19.2. The monoisotopic (exact) mass is 377 g/mol. The highest BCUT2D eigenvalue weighted by Crippen LogP contribution is 2.26. The van der Waals surface area contributed by atoms with Crippen LogP contribution >= 0.6 is 0 Å². The summed E-state index contributed by atoms with van der Waals surface area (Å²) in [6.45, 7) is 3.60. The van der Waals surface area contributed by atoms with Crippen LogP contribution in [-0.2, 0) is 0 Å². The molecule has 2 aromatic carbocycles. The Kier molecular flexibility index (Phi) is 5.58. The van der Waals surface area contributed by atoms with Gasteiger partial charge in [-0.25, -0.2) is 9.48 Å². The summed E-state index contributed by atoms with van der Waals surface area (Å²) in [6, 6.07) is 17.8. The first-order valence-electron chi connectivity index (χ1n) is 9.43. The van der Waals surface area contributed by atoms with Crippen molar-refractivity contribution in [2.75, 3.05) is 31.5 Å². The van der Waals surface area contributed by atoms with Crippen molar-refractivity contribution in [3.05, 3.63) is 66.5 Å². The fourth-order valence-corrected chi connectivity index (χ4v) is 3.51. The molecule has 0 spiro atoms. The minimum Gasteiger partial charge on any atom is -0.337 e. The molecule has 1 aliphatic heterocycles. The molecule has 8 heteroatoms. The molecule has 144 valence electrons. The van der Waals surface area contributed by atoms with Gasteiger partial charge in [0, 0.05) is 25.3 Å². The molecule has 28 heavy (non-hydrogen) atoms. The largest absolute Gasteiger partial charge is 0.337 e. The van der Waals surface area contributed by atoms with Gasteiger partial charge in [0.2, 0.25) is 0 Å². The Bertz CT molecular complexity index is 881. The van der Waals surface area contributed by atoms with E-state index in [0.29, 0.717) is 12.5 Å². The lowest BCUT2D eigenvalue weighted by molar-refractivity contribution is 0.249. The topological polar surface area (TPSA) is 88.0 Å². The van der Waals surface area contributed by atoms with E-state index >= 15 is 0 Å². The molecule has 0 saturated carbocycles. The van der Waals surface area contributed by atoms with Crippen LogP contribution in [0.2, 0.25) is 0 Å². The number of carbonyl (C=O) groups is 1. The molecule has 0 aliphatic carbocycles. The van der Waals surface area contributed by atoms with E-state index in [1.807, 2.05) is 24.3 Å². The molecule has 8 nitrogen and oxygen atoms in total. The zero-order valence-electron chi connectivity index (χ0n) is 15.5. The number of aromatic nitrogens is 4. The standard InChI is InChI=1S/C20H23N7O/c28-20(23-18-6-8-19(9-7-18)27-15-22-24-25-27)21-11-13-26-12-10-17(14-26)16-4-2-1-3-5-16/h1-9,15,17H,10-14H2,(H2,21,23,28)/t17-/m1/s1. The second-order valence-electron chi connectivity index (χ2n) is 6.88. The highest BCUT2D eigenvalue weighted by molar-refractivity contribution is 5.89. The Morgan fingerprint density at radius 2 is 1.93 bits per heavy atom. The van der Waals surface area contributed by atoms with Gasteiger partial charge in [0.25, 0.3) is 0 Å². The first kappa shape index (κ1) is 18.1. The summed E-state index contributed by atoms with van der Waals surface area (Å²) in [5, 5.41) is 16.8. The lowest BCUT2D eigenvalue weighted by Gasteiger charge is -2.16. The third kappa shape index (κ3) is 4.52. The molecule has 0 bridgehead atoms. The van der Waals surface area contributed by atoms with E-state index in [-0.39, 0.29) is 6.03 Å². The maximum atomic E-state index is 12.1. The van der Waals surface area contributed by atoms with Gasteiger partial charge in [0.15, 0.2) is 0 Å². The number of hydrogen-bond donors (Lipinski definition) is 2. The first-order valence-corrected chi connectivity index (χ1v) is 9.43. The Balaban J connectivity index is 1.19. The van der Waals surface area contributed by atoms with Crippen molar-refractivity contribution < 1.29 is 4.79 Å². The van der Waals surface area contributed by atoms with Crippen LogP contribution in [0.25, 0.3) is 5.69 Å². The molecule has 2 amide bonds. The van der Waals surface area contributed by atoms with Crippen LogP contribution in [0.15, 0.2) is 60.9 Å². The number of hydrogen-bond acceptors (Lipinski definition) is 5. The second kappa shape index (κ2) is 8.62. The van der Waals surface area contributed by atoms with E-state index in [9.17, 15) is 4.79 Å². The van der Waals surface area contributed by atoms with Crippen LogP contribution in [0, 0.1) is 0 Å². The molecule has 0 unspecified atom stereocenters. The Labute approximate surface area is 163 Å². The molecule has 1 aliphatic rings. The molecule has 1 aromatic heterocycles. The number of amides is 2. The van der Waals surface area contributed by atoms with Gasteiger partial charge < -0.3 is 15.5 Å². The lowest BCUT2D eigenvalue weighted by atomic mass is 9.99. The minimum atomic E-state index is -0.200. The molecule has 0 radical (unpaired) electrons. The van der Waals surface area contributed by atoms with Crippen molar-refractivity contribution in [3.63, 3.8) is 0 Å². The van der Waals surface area contributed by atoms with Crippen LogP contribution in [0.4, 0.5) is 10.5 Å². The molecule has 2 heterocycles. The van der Waals surface area contributed by atoms with Crippen molar-refractivity contribution >= 4 is 11.7 Å². The molecule has 1 saturated heterocycles. The van der Waals surface area contributed by atoms with Crippen LogP contribution in [-0.4, -0.2) is 57.3 Å². The SMILES string of the molecule is O=C(NCCN1CC[C@@H](c2ccccc2)C1)Nc1ccc(-n2cnnn2)cc1. The molecular weight excluding hydrogens is 354 g/mol. The number of tetrazole rings is 1. The molecule has 4 rings (SSSR count). The van der Waals surface area contributed by atoms with Gasteiger partial charge in [-0.1, -0.05) is 30.3 Å². The third-order valence-electron chi connectivity index (χ3n) is 5.00. The molecule has 1 atom stereocenters.